The first kappa shape index (κ1) is 18.9. The predicted octanol–water partition coefficient (Wildman–Crippen LogP) is -5.40. The molecule has 0 aliphatic carbocycles. The molecule has 2 rings (SSSR count). The van der Waals surface area contributed by atoms with Crippen LogP contribution in [0.4, 0.5) is 0 Å². The molecule has 0 amide bonds. The Labute approximate surface area is 130 Å². The number of rotatable bonds is 4. The number of hydrogen-bond donors (Lipinski definition) is 8. The lowest BCUT2D eigenvalue weighted by molar-refractivity contribution is -0.355. The van der Waals surface area contributed by atoms with Crippen molar-refractivity contribution >= 4 is 0 Å². The van der Waals surface area contributed by atoms with Crippen LogP contribution in [-0.2, 0) is 14.2 Å². The largest absolute Gasteiger partial charge is 0.394 e. The maximum absolute atomic E-state index is 9.94. The summed E-state index contributed by atoms with van der Waals surface area (Å²) in [5.74, 6) is 0. The molecule has 10 atom stereocenters. The van der Waals surface area contributed by atoms with Gasteiger partial charge in [-0.1, -0.05) is 0 Å². The molecule has 2 aliphatic rings. The summed E-state index contributed by atoms with van der Waals surface area (Å²) in [5, 5.41) is 76.5. The van der Waals surface area contributed by atoms with Crippen molar-refractivity contribution in [2.24, 2.45) is 0 Å². The molecule has 2 aliphatic heterocycles. The van der Waals surface area contributed by atoms with E-state index in [1.165, 1.54) is 0 Å². The molecule has 11 nitrogen and oxygen atoms in total. The lowest BCUT2D eigenvalue weighted by atomic mass is 9.97. The fourth-order valence-electron chi connectivity index (χ4n) is 2.57. The standard InChI is InChI=1S/C12H22O11/c13-1-3-5(15)6(16)9(19)12(22-3)23-10-4(2-14)21-11(20)8(18)7(10)17/h3-20H,1-2H2/t3-,4+,5+,6-,7-,8+,9-,10+,11-,12-/m0/s1. The topological polar surface area (TPSA) is 190 Å². The van der Waals surface area contributed by atoms with Crippen LogP contribution in [-0.4, -0.2) is 115 Å². The van der Waals surface area contributed by atoms with Crippen LogP contribution in [0.15, 0.2) is 0 Å². The van der Waals surface area contributed by atoms with E-state index in [0.29, 0.717) is 0 Å². The van der Waals surface area contributed by atoms with Crippen LogP contribution in [0.3, 0.4) is 0 Å². The third kappa shape index (κ3) is 3.65. The predicted molar refractivity (Wildman–Crippen MR) is 68.6 cm³/mol. The molecule has 0 bridgehead atoms. The van der Waals surface area contributed by atoms with E-state index in [1.54, 1.807) is 0 Å². The molecule has 136 valence electrons. The van der Waals surface area contributed by atoms with Crippen LogP contribution in [0.5, 0.6) is 0 Å². The maximum Gasteiger partial charge on any atom is 0.187 e. The zero-order valence-electron chi connectivity index (χ0n) is 12.0. The van der Waals surface area contributed by atoms with Crippen molar-refractivity contribution in [3.05, 3.63) is 0 Å². The number of aliphatic hydroxyl groups excluding tert-OH is 8. The van der Waals surface area contributed by atoms with Gasteiger partial charge in [0, 0.05) is 0 Å². The Balaban J connectivity index is 2.11. The molecule has 2 heterocycles. The van der Waals surface area contributed by atoms with E-state index in [2.05, 4.69) is 0 Å². The smallest absolute Gasteiger partial charge is 0.187 e. The number of aliphatic hydroxyl groups is 8. The average molecular weight is 342 g/mol. The van der Waals surface area contributed by atoms with Crippen molar-refractivity contribution in [2.75, 3.05) is 13.2 Å². The normalized spacial score (nSPS) is 51.7. The summed E-state index contributed by atoms with van der Waals surface area (Å²) in [4.78, 5) is 0. The molecule has 2 saturated heterocycles. The van der Waals surface area contributed by atoms with Crippen molar-refractivity contribution in [3.63, 3.8) is 0 Å². The van der Waals surface area contributed by atoms with E-state index >= 15 is 0 Å². The quantitative estimate of drug-likeness (QED) is 0.243. The molecule has 0 aromatic rings. The van der Waals surface area contributed by atoms with Gasteiger partial charge < -0.3 is 55.1 Å². The summed E-state index contributed by atoms with van der Waals surface area (Å²) in [6.45, 7) is -1.35. The highest BCUT2D eigenvalue weighted by Crippen LogP contribution is 2.28. The van der Waals surface area contributed by atoms with Crippen LogP contribution in [0.25, 0.3) is 0 Å². The summed E-state index contributed by atoms with van der Waals surface area (Å²) >= 11 is 0. The van der Waals surface area contributed by atoms with Crippen LogP contribution >= 0.6 is 0 Å². The van der Waals surface area contributed by atoms with Gasteiger partial charge in [0.25, 0.3) is 0 Å². The highest BCUT2D eigenvalue weighted by molar-refractivity contribution is 4.93. The molecule has 0 unspecified atom stereocenters. The van der Waals surface area contributed by atoms with Gasteiger partial charge in [-0.15, -0.1) is 0 Å². The molecule has 8 N–H and O–H groups in total. The Kier molecular flexibility index (Phi) is 6.27. The summed E-state index contributed by atoms with van der Waals surface area (Å²) in [7, 11) is 0. The first-order chi connectivity index (χ1) is 10.8. The molecule has 0 saturated carbocycles. The average Bonchev–Trinajstić information content (AvgIpc) is 2.55. The fourth-order valence-corrected chi connectivity index (χ4v) is 2.57. The number of hydrogen-bond acceptors (Lipinski definition) is 11. The van der Waals surface area contributed by atoms with Gasteiger partial charge in [-0.2, -0.15) is 0 Å². The summed E-state index contributed by atoms with van der Waals surface area (Å²) in [6, 6.07) is 0. The Hall–Kier alpha value is -0.440. The second-order valence-corrected chi connectivity index (χ2v) is 5.53. The first-order valence-corrected chi connectivity index (χ1v) is 7.08. The van der Waals surface area contributed by atoms with Gasteiger partial charge in [-0.3, -0.25) is 0 Å². The SMILES string of the molecule is OC[C@@H]1O[C@@H](O[C@H]2[C@@H](O)[C@@H](O)[C@@H](O)O[C@@H]2CO)[C@@H](O)[C@@H](O)[C@@H]1O. The fraction of sp³-hybridized carbons (Fsp3) is 1.00. The molecule has 0 radical (unpaired) electrons. The van der Waals surface area contributed by atoms with Crippen molar-refractivity contribution in [1.29, 1.82) is 0 Å². The van der Waals surface area contributed by atoms with E-state index in [0.717, 1.165) is 0 Å². The maximum atomic E-state index is 9.94. The van der Waals surface area contributed by atoms with Crippen molar-refractivity contribution < 1.29 is 55.1 Å². The molecule has 0 aromatic heterocycles. The minimum Gasteiger partial charge on any atom is -0.394 e. The third-order valence-corrected chi connectivity index (χ3v) is 3.98. The Morgan fingerprint density at radius 2 is 1.26 bits per heavy atom. The second-order valence-electron chi connectivity index (χ2n) is 5.53. The Bertz CT molecular complexity index is 378. The molecule has 2 fully saturated rings. The van der Waals surface area contributed by atoms with E-state index in [-0.39, 0.29) is 0 Å². The van der Waals surface area contributed by atoms with Crippen LogP contribution in [0.2, 0.25) is 0 Å². The van der Waals surface area contributed by atoms with E-state index in [4.69, 9.17) is 19.3 Å². The molecule has 0 aromatic carbocycles. The molecule has 23 heavy (non-hydrogen) atoms. The first-order valence-electron chi connectivity index (χ1n) is 7.08. The van der Waals surface area contributed by atoms with Gasteiger partial charge in [-0.25, -0.2) is 0 Å². The number of ether oxygens (including phenoxy) is 3. The summed E-state index contributed by atoms with van der Waals surface area (Å²) in [6.07, 6.45) is -15.6. The monoisotopic (exact) mass is 342 g/mol. The van der Waals surface area contributed by atoms with Crippen molar-refractivity contribution in [3.8, 4) is 0 Å². The molecule has 0 spiro atoms. The van der Waals surface area contributed by atoms with E-state index in [1.807, 2.05) is 0 Å². The lowest BCUT2D eigenvalue weighted by Crippen LogP contribution is -2.64. The summed E-state index contributed by atoms with van der Waals surface area (Å²) < 4.78 is 15.3. The minimum atomic E-state index is -1.74. The third-order valence-electron chi connectivity index (χ3n) is 3.98. The molecular weight excluding hydrogens is 320 g/mol. The van der Waals surface area contributed by atoms with Gasteiger partial charge in [0.1, 0.15) is 48.8 Å². The van der Waals surface area contributed by atoms with E-state index in [9.17, 15) is 35.7 Å². The highest BCUT2D eigenvalue weighted by Gasteiger charge is 2.50. The van der Waals surface area contributed by atoms with Crippen molar-refractivity contribution in [1.82, 2.24) is 0 Å². The van der Waals surface area contributed by atoms with Crippen LogP contribution in [0, 0.1) is 0 Å². The van der Waals surface area contributed by atoms with Crippen LogP contribution < -0.4 is 0 Å². The van der Waals surface area contributed by atoms with Gasteiger partial charge >= 0.3 is 0 Å². The Morgan fingerprint density at radius 1 is 0.652 bits per heavy atom. The minimum absolute atomic E-state index is 0.667. The van der Waals surface area contributed by atoms with Gasteiger partial charge in [-0.05, 0) is 0 Å². The van der Waals surface area contributed by atoms with Gasteiger partial charge in [0.2, 0.25) is 0 Å². The second kappa shape index (κ2) is 7.63. The van der Waals surface area contributed by atoms with Gasteiger partial charge in [0.05, 0.1) is 13.2 Å². The van der Waals surface area contributed by atoms with E-state index < -0.39 is 74.6 Å². The molecular formula is C12H22O11. The Morgan fingerprint density at radius 3 is 1.83 bits per heavy atom. The highest BCUT2D eigenvalue weighted by atomic mass is 16.7. The molecule has 11 heteroatoms. The van der Waals surface area contributed by atoms with Crippen LogP contribution in [0.1, 0.15) is 0 Å². The van der Waals surface area contributed by atoms with Crippen molar-refractivity contribution in [2.45, 2.75) is 61.4 Å². The zero-order chi connectivity index (χ0) is 17.3. The summed E-state index contributed by atoms with van der Waals surface area (Å²) in [5.41, 5.74) is 0. The lowest BCUT2D eigenvalue weighted by Gasteiger charge is -2.45. The van der Waals surface area contributed by atoms with Gasteiger partial charge in [0.15, 0.2) is 12.6 Å². The zero-order valence-corrected chi connectivity index (χ0v) is 12.0.